The molecule has 1 aromatic rings. The molecular weight excluding hydrogens is 271 g/mol. The molecule has 108 valence electrons. The Balaban J connectivity index is 2.84. The number of ether oxygens (including phenoxy) is 2. The van der Waals surface area contributed by atoms with E-state index < -0.39 is 11.7 Å². The molecule has 0 aliphatic carbocycles. The average molecular weight is 285 g/mol. The molecule has 0 N–H and O–H groups in total. The molecule has 0 saturated heterocycles. The van der Waals surface area contributed by atoms with Crippen molar-refractivity contribution >= 4 is 0 Å². The van der Waals surface area contributed by atoms with E-state index in [2.05, 4.69) is 11.6 Å². The molecule has 1 aromatic heterocycles. The highest BCUT2D eigenvalue weighted by molar-refractivity contribution is 5.25. The van der Waals surface area contributed by atoms with Crippen molar-refractivity contribution < 1.29 is 22.6 Å². The van der Waals surface area contributed by atoms with Gasteiger partial charge < -0.3 is 9.47 Å². The summed E-state index contributed by atoms with van der Waals surface area (Å²) in [4.78, 5) is 3.60. The SMILES string of the molecule is C=C/C(=C\C=C(/C)OC)Oc1ccc(C(F)(F)F)cn1. The minimum Gasteiger partial charge on any atom is -0.501 e. The minimum atomic E-state index is -4.42. The van der Waals surface area contributed by atoms with Crippen LogP contribution in [0.25, 0.3) is 0 Å². The summed E-state index contributed by atoms with van der Waals surface area (Å²) in [5, 5.41) is 0. The number of hydrogen-bond acceptors (Lipinski definition) is 3. The molecule has 3 nitrogen and oxygen atoms in total. The summed E-state index contributed by atoms with van der Waals surface area (Å²) in [6.45, 7) is 5.29. The van der Waals surface area contributed by atoms with E-state index in [0.717, 1.165) is 12.1 Å². The fourth-order valence-electron chi connectivity index (χ4n) is 1.14. The van der Waals surface area contributed by atoms with Crippen LogP contribution < -0.4 is 4.74 Å². The van der Waals surface area contributed by atoms with Crippen LogP contribution in [0.3, 0.4) is 0 Å². The summed E-state index contributed by atoms with van der Waals surface area (Å²) >= 11 is 0. The molecule has 0 unspecified atom stereocenters. The molecule has 0 atom stereocenters. The molecule has 0 saturated carbocycles. The summed E-state index contributed by atoms with van der Waals surface area (Å²) in [7, 11) is 1.52. The monoisotopic (exact) mass is 285 g/mol. The van der Waals surface area contributed by atoms with E-state index in [-0.39, 0.29) is 5.88 Å². The second-order valence-corrected chi connectivity index (χ2v) is 3.74. The van der Waals surface area contributed by atoms with Gasteiger partial charge in [-0.2, -0.15) is 13.2 Å². The number of allylic oxidation sites excluding steroid dienone is 4. The number of rotatable bonds is 5. The van der Waals surface area contributed by atoms with Gasteiger partial charge >= 0.3 is 6.18 Å². The predicted molar refractivity (Wildman–Crippen MR) is 68.9 cm³/mol. The highest BCUT2D eigenvalue weighted by atomic mass is 19.4. The number of aromatic nitrogens is 1. The van der Waals surface area contributed by atoms with Gasteiger partial charge in [-0.15, -0.1) is 0 Å². The smallest absolute Gasteiger partial charge is 0.417 e. The number of hydrogen-bond donors (Lipinski definition) is 0. The van der Waals surface area contributed by atoms with Crippen LogP contribution in [0.15, 0.2) is 54.7 Å². The van der Waals surface area contributed by atoms with Crippen molar-refractivity contribution in [2.75, 3.05) is 7.11 Å². The third-order valence-electron chi connectivity index (χ3n) is 2.29. The molecule has 0 aromatic carbocycles. The van der Waals surface area contributed by atoms with Gasteiger partial charge in [0.15, 0.2) is 0 Å². The zero-order chi connectivity index (χ0) is 15.2. The molecule has 0 spiro atoms. The van der Waals surface area contributed by atoms with Crippen LogP contribution in [-0.4, -0.2) is 12.1 Å². The van der Waals surface area contributed by atoms with Crippen molar-refractivity contribution in [1.29, 1.82) is 0 Å². The van der Waals surface area contributed by atoms with E-state index in [9.17, 15) is 13.2 Å². The lowest BCUT2D eigenvalue weighted by Crippen LogP contribution is -2.05. The lowest BCUT2D eigenvalue weighted by molar-refractivity contribution is -0.137. The quantitative estimate of drug-likeness (QED) is 0.603. The molecule has 1 rings (SSSR count). The minimum absolute atomic E-state index is 0.0487. The van der Waals surface area contributed by atoms with Gasteiger partial charge in [-0.1, -0.05) is 6.58 Å². The number of halogens is 3. The Morgan fingerprint density at radius 2 is 2.00 bits per heavy atom. The van der Waals surface area contributed by atoms with Crippen molar-refractivity contribution in [3.05, 3.63) is 60.2 Å². The van der Waals surface area contributed by atoms with E-state index in [0.29, 0.717) is 17.7 Å². The third-order valence-corrected chi connectivity index (χ3v) is 2.29. The van der Waals surface area contributed by atoms with Crippen LogP contribution in [0.4, 0.5) is 13.2 Å². The van der Waals surface area contributed by atoms with Crippen molar-refractivity contribution in [3.8, 4) is 5.88 Å². The summed E-state index contributed by atoms with van der Waals surface area (Å²) in [6.07, 6.45) is 0.929. The standard InChI is InChI=1S/C14H14F3NO2/c1-4-12(7-5-10(2)19-3)20-13-8-6-11(9-18-13)14(15,16)17/h4-9H,1H2,2-3H3/b10-5+,12-7+. The second-order valence-electron chi connectivity index (χ2n) is 3.74. The van der Waals surface area contributed by atoms with Gasteiger partial charge in [-0.3, -0.25) is 0 Å². The first-order valence-corrected chi connectivity index (χ1v) is 5.63. The Bertz CT molecular complexity index is 516. The van der Waals surface area contributed by atoms with Gasteiger partial charge in [-0.05, 0) is 31.2 Å². The maximum Gasteiger partial charge on any atom is 0.417 e. The first-order chi connectivity index (χ1) is 9.36. The van der Waals surface area contributed by atoms with Crippen molar-refractivity contribution in [2.24, 2.45) is 0 Å². The first kappa shape index (κ1) is 15.8. The van der Waals surface area contributed by atoms with Crippen LogP contribution in [0.1, 0.15) is 12.5 Å². The maximum atomic E-state index is 12.4. The predicted octanol–water partition coefficient (Wildman–Crippen LogP) is 4.10. The molecule has 6 heteroatoms. The highest BCUT2D eigenvalue weighted by Gasteiger charge is 2.30. The number of methoxy groups -OCH3 is 1. The van der Waals surface area contributed by atoms with Crippen LogP contribution in [0.5, 0.6) is 5.88 Å². The lowest BCUT2D eigenvalue weighted by atomic mass is 10.3. The third kappa shape index (κ3) is 4.79. The fourth-order valence-corrected chi connectivity index (χ4v) is 1.14. The first-order valence-electron chi connectivity index (χ1n) is 5.63. The van der Waals surface area contributed by atoms with E-state index in [1.807, 2.05) is 0 Å². The Labute approximate surface area is 115 Å². The Kier molecular flexibility index (Phi) is 5.37. The summed E-state index contributed by atoms with van der Waals surface area (Å²) < 4.78 is 47.3. The van der Waals surface area contributed by atoms with Crippen LogP contribution >= 0.6 is 0 Å². The van der Waals surface area contributed by atoms with Gasteiger partial charge in [0.05, 0.1) is 18.4 Å². The van der Waals surface area contributed by atoms with Crippen LogP contribution in [0, 0.1) is 0 Å². The van der Waals surface area contributed by atoms with Gasteiger partial charge in [0.1, 0.15) is 5.76 Å². The fraction of sp³-hybridized carbons (Fsp3) is 0.214. The largest absolute Gasteiger partial charge is 0.501 e. The van der Waals surface area contributed by atoms with Crippen molar-refractivity contribution in [2.45, 2.75) is 13.1 Å². The van der Waals surface area contributed by atoms with E-state index >= 15 is 0 Å². The second kappa shape index (κ2) is 6.79. The van der Waals surface area contributed by atoms with E-state index in [1.54, 1.807) is 19.1 Å². The molecule has 0 fully saturated rings. The zero-order valence-corrected chi connectivity index (χ0v) is 11.1. The molecule has 0 amide bonds. The van der Waals surface area contributed by atoms with Crippen molar-refractivity contribution in [3.63, 3.8) is 0 Å². The average Bonchev–Trinajstić information content (AvgIpc) is 2.42. The normalized spacial score (nSPS) is 13.1. The van der Waals surface area contributed by atoms with Gasteiger partial charge in [-0.25, -0.2) is 4.98 Å². The zero-order valence-electron chi connectivity index (χ0n) is 11.1. The topological polar surface area (TPSA) is 31.4 Å². The lowest BCUT2D eigenvalue weighted by Gasteiger charge is -2.08. The van der Waals surface area contributed by atoms with E-state index in [1.165, 1.54) is 13.2 Å². The number of alkyl halides is 3. The van der Waals surface area contributed by atoms with Gasteiger partial charge in [0, 0.05) is 12.3 Å². The summed E-state index contributed by atoms with van der Waals surface area (Å²) in [5.41, 5.74) is -0.830. The molecule has 0 radical (unpaired) electrons. The number of pyridine rings is 1. The van der Waals surface area contributed by atoms with Crippen LogP contribution in [0.2, 0.25) is 0 Å². The molecule has 0 bridgehead atoms. The van der Waals surface area contributed by atoms with Gasteiger partial charge in [0.2, 0.25) is 5.88 Å². The molecule has 0 aliphatic rings. The highest BCUT2D eigenvalue weighted by Crippen LogP contribution is 2.29. The summed E-state index contributed by atoms with van der Waals surface area (Å²) in [6, 6.07) is 2.05. The molecule has 20 heavy (non-hydrogen) atoms. The Morgan fingerprint density at radius 3 is 2.45 bits per heavy atom. The Morgan fingerprint density at radius 1 is 1.30 bits per heavy atom. The van der Waals surface area contributed by atoms with Crippen molar-refractivity contribution in [1.82, 2.24) is 4.98 Å². The molecule has 0 aliphatic heterocycles. The molecule has 1 heterocycles. The van der Waals surface area contributed by atoms with Crippen LogP contribution in [-0.2, 0) is 10.9 Å². The maximum absolute atomic E-state index is 12.4. The van der Waals surface area contributed by atoms with Gasteiger partial charge in [0.25, 0.3) is 0 Å². The molecular formula is C14H14F3NO2. The Hall–Kier alpha value is -2.24. The summed E-state index contributed by atoms with van der Waals surface area (Å²) in [5.74, 6) is 1.04. The number of nitrogens with zero attached hydrogens (tertiary/aromatic N) is 1. The van der Waals surface area contributed by atoms with E-state index in [4.69, 9.17) is 9.47 Å².